The number of amides is 2. The van der Waals surface area contributed by atoms with Gasteiger partial charge in [-0.05, 0) is 32.3 Å². The van der Waals surface area contributed by atoms with Gasteiger partial charge in [0.15, 0.2) is 0 Å². The first-order chi connectivity index (χ1) is 15.4. The first kappa shape index (κ1) is 22.0. The molecule has 0 aliphatic carbocycles. The molecule has 0 spiro atoms. The van der Waals surface area contributed by atoms with Gasteiger partial charge in [0, 0.05) is 13.0 Å². The Morgan fingerprint density at radius 2 is 1.97 bits per heavy atom. The highest BCUT2D eigenvalue weighted by Crippen LogP contribution is 2.29. The minimum atomic E-state index is -0.645. The summed E-state index contributed by atoms with van der Waals surface area (Å²) in [5.41, 5.74) is 0.763. The number of hydrogen-bond donors (Lipinski definition) is 2. The summed E-state index contributed by atoms with van der Waals surface area (Å²) < 4.78 is 12.1. The Labute approximate surface area is 187 Å². The molecule has 2 aromatic rings. The summed E-state index contributed by atoms with van der Waals surface area (Å²) in [7, 11) is 0. The van der Waals surface area contributed by atoms with E-state index in [-0.39, 0.29) is 41.5 Å². The Morgan fingerprint density at radius 1 is 1.16 bits per heavy atom. The van der Waals surface area contributed by atoms with Crippen LogP contribution in [0.5, 0.6) is 0 Å². The van der Waals surface area contributed by atoms with Crippen LogP contribution in [0.2, 0.25) is 0 Å². The summed E-state index contributed by atoms with van der Waals surface area (Å²) >= 11 is 1.12. The predicted molar refractivity (Wildman–Crippen MR) is 117 cm³/mol. The van der Waals surface area contributed by atoms with Crippen LogP contribution in [0.4, 0.5) is 4.79 Å². The number of carbonyl (C=O) groups is 3. The minimum Gasteiger partial charge on any atom is -0.463 e. The SMILES string of the molecule is CCOC(=O)C1=C(COC(=O)c2sc3nc4n(c(=O)c3c2C)CCCCC4)NC(=O)NC1. The highest BCUT2D eigenvalue weighted by atomic mass is 32.1. The van der Waals surface area contributed by atoms with Gasteiger partial charge in [-0.1, -0.05) is 6.42 Å². The molecule has 0 bridgehead atoms. The smallest absolute Gasteiger partial charge is 0.349 e. The van der Waals surface area contributed by atoms with Crippen molar-refractivity contribution < 1.29 is 23.9 Å². The maximum Gasteiger partial charge on any atom is 0.349 e. The Kier molecular flexibility index (Phi) is 6.26. The molecule has 170 valence electrons. The van der Waals surface area contributed by atoms with Crippen molar-refractivity contribution >= 4 is 39.5 Å². The number of urea groups is 1. The molecule has 32 heavy (non-hydrogen) atoms. The Balaban J connectivity index is 1.61. The normalized spacial score (nSPS) is 16.1. The molecule has 11 heteroatoms. The van der Waals surface area contributed by atoms with Gasteiger partial charge >= 0.3 is 18.0 Å². The zero-order valence-corrected chi connectivity index (χ0v) is 18.7. The largest absolute Gasteiger partial charge is 0.463 e. The van der Waals surface area contributed by atoms with Crippen LogP contribution in [0, 0.1) is 6.92 Å². The van der Waals surface area contributed by atoms with E-state index in [1.54, 1.807) is 18.4 Å². The monoisotopic (exact) mass is 460 g/mol. The van der Waals surface area contributed by atoms with Gasteiger partial charge in [0.25, 0.3) is 5.56 Å². The number of ether oxygens (including phenoxy) is 2. The van der Waals surface area contributed by atoms with Crippen molar-refractivity contribution in [2.24, 2.45) is 0 Å². The first-order valence-corrected chi connectivity index (χ1v) is 11.4. The number of hydrogen-bond acceptors (Lipinski definition) is 8. The fourth-order valence-corrected chi connectivity index (χ4v) is 4.96. The summed E-state index contributed by atoms with van der Waals surface area (Å²) in [4.78, 5) is 55.2. The molecular weight excluding hydrogens is 436 g/mol. The molecule has 10 nitrogen and oxygen atoms in total. The average molecular weight is 461 g/mol. The molecule has 2 aliphatic rings. The van der Waals surface area contributed by atoms with E-state index in [1.807, 2.05) is 0 Å². The fraction of sp³-hybridized carbons (Fsp3) is 0.476. The van der Waals surface area contributed by atoms with Gasteiger partial charge < -0.3 is 20.1 Å². The Hall–Kier alpha value is -3.21. The van der Waals surface area contributed by atoms with Crippen molar-refractivity contribution in [3.8, 4) is 0 Å². The number of esters is 2. The number of thiophene rings is 1. The number of nitrogens with one attached hydrogen (secondary N) is 2. The van der Waals surface area contributed by atoms with Gasteiger partial charge in [-0.15, -0.1) is 11.3 Å². The lowest BCUT2D eigenvalue weighted by molar-refractivity contribution is -0.138. The van der Waals surface area contributed by atoms with Crippen LogP contribution in [0.15, 0.2) is 16.1 Å². The average Bonchev–Trinajstić information content (AvgIpc) is 2.93. The number of carbonyl (C=O) groups excluding carboxylic acids is 3. The van der Waals surface area contributed by atoms with Crippen LogP contribution in [-0.2, 0) is 27.2 Å². The lowest BCUT2D eigenvalue weighted by atomic mass is 10.1. The van der Waals surface area contributed by atoms with Crippen molar-refractivity contribution in [3.05, 3.63) is 37.9 Å². The molecule has 0 radical (unpaired) electrons. The van der Waals surface area contributed by atoms with Crippen molar-refractivity contribution in [1.82, 2.24) is 20.2 Å². The molecule has 2 amide bonds. The molecular formula is C21H24N4O6S. The molecule has 0 unspecified atom stereocenters. The summed E-state index contributed by atoms with van der Waals surface area (Å²) in [6, 6.07) is -0.499. The van der Waals surface area contributed by atoms with Crippen LogP contribution < -0.4 is 16.2 Å². The van der Waals surface area contributed by atoms with Crippen molar-refractivity contribution in [2.45, 2.75) is 46.1 Å². The number of aryl methyl sites for hydroxylation is 2. The second-order valence-electron chi connectivity index (χ2n) is 7.59. The number of fused-ring (bicyclic) bond motifs is 2. The van der Waals surface area contributed by atoms with Crippen LogP contribution in [0.25, 0.3) is 10.2 Å². The predicted octanol–water partition coefficient (Wildman–Crippen LogP) is 1.78. The van der Waals surface area contributed by atoms with E-state index in [4.69, 9.17) is 9.47 Å². The van der Waals surface area contributed by atoms with Gasteiger partial charge in [0.2, 0.25) is 0 Å². The second kappa shape index (κ2) is 9.11. The lowest BCUT2D eigenvalue weighted by Gasteiger charge is -2.21. The van der Waals surface area contributed by atoms with E-state index in [2.05, 4.69) is 15.6 Å². The molecule has 4 heterocycles. The van der Waals surface area contributed by atoms with Crippen LogP contribution in [0.1, 0.15) is 47.2 Å². The molecule has 4 rings (SSSR count). The number of rotatable bonds is 5. The second-order valence-corrected chi connectivity index (χ2v) is 8.59. The molecule has 0 atom stereocenters. The third kappa shape index (κ3) is 4.12. The molecule has 2 N–H and O–H groups in total. The van der Waals surface area contributed by atoms with E-state index >= 15 is 0 Å². The topological polar surface area (TPSA) is 129 Å². The van der Waals surface area contributed by atoms with Crippen molar-refractivity contribution in [1.29, 1.82) is 0 Å². The molecule has 0 fully saturated rings. The van der Waals surface area contributed by atoms with E-state index in [0.29, 0.717) is 22.3 Å². The van der Waals surface area contributed by atoms with E-state index in [1.165, 1.54) is 0 Å². The molecule has 2 aromatic heterocycles. The van der Waals surface area contributed by atoms with E-state index in [9.17, 15) is 19.2 Å². The number of nitrogens with zero attached hydrogens (tertiary/aromatic N) is 2. The van der Waals surface area contributed by atoms with Gasteiger partial charge in [-0.2, -0.15) is 0 Å². The highest BCUT2D eigenvalue weighted by Gasteiger charge is 2.27. The minimum absolute atomic E-state index is 0.0221. The third-order valence-corrected chi connectivity index (χ3v) is 6.69. The molecule has 0 aromatic carbocycles. The molecule has 0 saturated carbocycles. The summed E-state index contributed by atoms with van der Waals surface area (Å²) in [5.74, 6) is -0.487. The Bertz CT molecular complexity index is 1200. The Morgan fingerprint density at radius 3 is 2.75 bits per heavy atom. The van der Waals surface area contributed by atoms with Crippen LogP contribution in [-0.4, -0.2) is 47.3 Å². The van der Waals surface area contributed by atoms with Crippen molar-refractivity contribution in [3.63, 3.8) is 0 Å². The maximum atomic E-state index is 13.1. The highest BCUT2D eigenvalue weighted by molar-refractivity contribution is 7.20. The van der Waals surface area contributed by atoms with Crippen LogP contribution >= 0.6 is 11.3 Å². The van der Waals surface area contributed by atoms with Crippen molar-refractivity contribution in [2.75, 3.05) is 19.8 Å². The lowest BCUT2D eigenvalue weighted by Crippen LogP contribution is -2.45. The zero-order valence-electron chi connectivity index (χ0n) is 17.9. The third-order valence-electron chi connectivity index (χ3n) is 5.52. The summed E-state index contributed by atoms with van der Waals surface area (Å²) in [5, 5.41) is 5.43. The fourth-order valence-electron chi connectivity index (χ4n) is 3.88. The summed E-state index contributed by atoms with van der Waals surface area (Å²) in [6.45, 7) is 3.86. The zero-order chi connectivity index (χ0) is 22.8. The van der Waals surface area contributed by atoms with Crippen LogP contribution in [0.3, 0.4) is 0 Å². The standard InChI is InChI=1S/C21H24N4O6S/c1-3-30-19(27)12-9-22-21(29)23-13(12)10-31-20(28)16-11(2)15-17(32-16)24-14-7-5-4-6-8-25(14)18(15)26/h3-10H2,1-2H3,(H2,22,23,29). The van der Waals surface area contributed by atoms with E-state index in [0.717, 1.165) is 42.8 Å². The van der Waals surface area contributed by atoms with Gasteiger partial charge in [0.05, 0.1) is 29.8 Å². The van der Waals surface area contributed by atoms with E-state index < -0.39 is 18.0 Å². The molecule has 0 saturated heterocycles. The quantitative estimate of drug-likeness (QED) is 0.651. The van der Waals surface area contributed by atoms with Gasteiger partial charge in [-0.25, -0.2) is 19.4 Å². The summed E-state index contributed by atoms with van der Waals surface area (Å²) in [6.07, 6.45) is 3.70. The first-order valence-electron chi connectivity index (χ1n) is 10.5. The maximum absolute atomic E-state index is 13.1. The van der Waals surface area contributed by atoms with Gasteiger partial charge in [0.1, 0.15) is 22.1 Å². The molecule has 2 aliphatic heterocycles. The van der Waals surface area contributed by atoms with Gasteiger partial charge in [-0.3, -0.25) is 9.36 Å². The number of aromatic nitrogens is 2.